The van der Waals surface area contributed by atoms with Gasteiger partial charge in [-0.15, -0.1) is 5.10 Å². The Morgan fingerprint density at radius 2 is 2.00 bits per heavy atom. The van der Waals surface area contributed by atoms with E-state index in [9.17, 15) is 4.79 Å². The number of aryl methyl sites for hydroxylation is 2. The van der Waals surface area contributed by atoms with E-state index in [1.807, 2.05) is 62.4 Å². The molecule has 1 aromatic heterocycles. The predicted octanol–water partition coefficient (Wildman–Crippen LogP) is 2.41. The third-order valence-electron chi connectivity index (χ3n) is 4.40. The SMILES string of the molecule is Cc1ccc(NC(=O)C2CC(c3ccccc3)=NO2)cc1-n1nnnc1C. The maximum absolute atomic E-state index is 12.6. The molecule has 4 rings (SSSR count). The first-order chi connectivity index (χ1) is 13.1. The van der Waals surface area contributed by atoms with Crippen LogP contribution in [0.1, 0.15) is 23.4 Å². The summed E-state index contributed by atoms with van der Waals surface area (Å²) in [5.41, 5.74) is 4.18. The van der Waals surface area contributed by atoms with Crippen LogP contribution in [0.15, 0.2) is 53.7 Å². The molecule has 0 spiro atoms. The summed E-state index contributed by atoms with van der Waals surface area (Å²) in [5, 5.41) is 18.5. The quantitative estimate of drug-likeness (QED) is 0.769. The minimum atomic E-state index is -0.653. The van der Waals surface area contributed by atoms with Crippen molar-refractivity contribution in [2.45, 2.75) is 26.4 Å². The number of nitrogens with zero attached hydrogens (tertiary/aromatic N) is 5. The fourth-order valence-electron chi connectivity index (χ4n) is 2.91. The molecular weight excluding hydrogens is 344 g/mol. The highest BCUT2D eigenvalue weighted by Crippen LogP contribution is 2.22. The Kier molecular flexibility index (Phi) is 4.37. The van der Waals surface area contributed by atoms with Crippen molar-refractivity contribution in [2.24, 2.45) is 5.16 Å². The van der Waals surface area contributed by atoms with Gasteiger partial charge in [0.25, 0.3) is 5.91 Å². The maximum atomic E-state index is 12.6. The zero-order chi connectivity index (χ0) is 18.8. The number of carbonyl (C=O) groups excluding carboxylic acids is 1. The van der Waals surface area contributed by atoms with Crippen molar-refractivity contribution < 1.29 is 9.63 Å². The van der Waals surface area contributed by atoms with Crippen LogP contribution in [0.3, 0.4) is 0 Å². The van der Waals surface area contributed by atoms with Crippen LogP contribution in [-0.4, -0.2) is 37.9 Å². The van der Waals surface area contributed by atoms with Gasteiger partial charge in [-0.2, -0.15) is 4.68 Å². The lowest BCUT2D eigenvalue weighted by Gasteiger charge is -2.12. The summed E-state index contributed by atoms with van der Waals surface area (Å²) >= 11 is 0. The number of aromatic nitrogens is 4. The molecule has 0 fully saturated rings. The molecule has 136 valence electrons. The number of benzene rings is 2. The number of anilines is 1. The van der Waals surface area contributed by atoms with Gasteiger partial charge in [0.15, 0.2) is 5.82 Å². The van der Waals surface area contributed by atoms with E-state index in [4.69, 9.17) is 4.84 Å². The summed E-state index contributed by atoms with van der Waals surface area (Å²) < 4.78 is 1.63. The molecule has 0 radical (unpaired) electrons. The molecule has 8 heteroatoms. The van der Waals surface area contributed by atoms with Gasteiger partial charge in [0.1, 0.15) is 0 Å². The van der Waals surface area contributed by atoms with Gasteiger partial charge in [-0.05, 0) is 47.5 Å². The highest BCUT2D eigenvalue weighted by atomic mass is 16.6. The number of carbonyl (C=O) groups is 1. The lowest BCUT2D eigenvalue weighted by atomic mass is 10.0. The first kappa shape index (κ1) is 16.9. The summed E-state index contributed by atoms with van der Waals surface area (Å²) in [6.45, 7) is 3.78. The lowest BCUT2D eigenvalue weighted by Crippen LogP contribution is -2.28. The molecule has 0 saturated heterocycles. The van der Waals surface area contributed by atoms with Gasteiger partial charge in [-0.3, -0.25) is 4.79 Å². The van der Waals surface area contributed by atoms with Crippen LogP contribution < -0.4 is 5.32 Å². The average molecular weight is 362 g/mol. The monoisotopic (exact) mass is 362 g/mol. The van der Waals surface area contributed by atoms with Gasteiger partial charge < -0.3 is 10.2 Å². The van der Waals surface area contributed by atoms with Crippen LogP contribution >= 0.6 is 0 Å². The third kappa shape index (κ3) is 3.41. The van der Waals surface area contributed by atoms with Crippen LogP contribution in [0.2, 0.25) is 0 Å². The average Bonchev–Trinajstić information content (AvgIpc) is 3.33. The number of hydrogen-bond donors (Lipinski definition) is 1. The number of hydrogen-bond acceptors (Lipinski definition) is 6. The van der Waals surface area contributed by atoms with E-state index in [2.05, 4.69) is 26.0 Å². The smallest absolute Gasteiger partial charge is 0.268 e. The number of tetrazole rings is 1. The van der Waals surface area contributed by atoms with Crippen LogP contribution in [0, 0.1) is 13.8 Å². The standard InChI is InChI=1S/C19H18N6O2/c1-12-8-9-15(10-17(12)25-13(2)21-23-24-25)20-19(26)18-11-16(22-27-18)14-6-4-3-5-7-14/h3-10,18H,11H2,1-2H3,(H,20,26). The van der Waals surface area contributed by atoms with Gasteiger partial charge >= 0.3 is 0 Å². The predicted molar refractivity (Wildman–Crippen MR) is 99.7 cm³/mol. The Hall–Kier alpha value is -3.55. The Morgan fingerprint density at radius 3 is 2.74 bits per heavy atom. The molecule has 1 atom stereocenters. The molecule has 1 N–H and O–H groups in total. The van der Waals surface area contributed by atoms with Crippen LogP contribution in [-0.2, 0) is 9.63 Å². The minimum absolute atomic E-state index is 0.243. The maximum Gasteiger partial charge on any atom is 0.268 e. The van der Waals surface area contributed by atoms with Gasteiger partial charge in [0, 0.05) is 12.1 Å². The highest BCUT2D eigenvalue weighted by molar-refractivity contribution is 6.06. The largest absolute Gasteiger partial charge is 0.382 e. The fraction of sp³-hybridized carbons (Fsp3) is 0.211. The van der Waals surface area contributed by atoms with E-state index in [1.54, 1.807) is 4.68 Å². The molecular formula is C19H18N6O2. The summed E-state index contributed by atoms with van der Waals surface area (Å²) in [6.07, 6.45) is -0.222. The number of nitrogens with one attached hydrogen (secondary N) is 1. The van der Waals surface area contributed by atoms with Crippen molar-refractivity contribution in [3.63, 3.8) is 0 Å². The van der Waals surface area contributed by atoms with E-state index < -0.39 is 6.10 Å². The Morgan fingerprint density at radius 1 is 1.19 bits per heavy atom. The molecule has 0 saturated carbocycles. The molecule has 2 aromatic carbocycles. The van der Waals surface area contributed by atoms with Crippen LogP contribution in [0.4, 0.5) is 5.69 Å². The van der Waals surface area contributed by atoms with Crippen molar-refractivity contribution in [1.29, 1.82) is 0 Å². The second-order valence-electron chi connectivity index (χ2n) is 6.33. The second-order valence-corrected chi connectivity index (χ2v) is 6.33. The molecule has 3 aromatic rings. The Labute approximate surface area is 155 Å². The van der Waals surface area contributed by atoms with Gasteiger partial charge in [-0.25, -0.2) is 0 Å². The topological polar surface area (TPSA) is 94.3 Å². The fourth-order valence-corrected chi connectivity index (χ4v) is 2.91. The molecule has 0 bridgehead atoms. The summed E-state index contributed by atoms with van der Waals surface area (Å²) in [7, 11) is 0. The summed E-state index contributed by atoms with van der Waals surface area (Å²) in [4.78, 5) is 17.9. The van der Waals surface area contributed by atoms with E-state index in [1.165, 1.54) is 0 Å². The van der Waals surface area contributed by atoms with Gasteiger partial charge in [0.05, 0.1) is 11.4 Å². The Balaban J connectivity index is 1.47. The van der Waals surface area contributed by atoms with Gasteiger partial charge in [0.2, 0.25) is 6.10 Å². The zero-order valence-corrected chi connectivity index (χ0v) is 15.0. The van der Waals surface area contributed by atoms with Crippen LogP contribution in [0.25, 0.3) is 5.69 Å². The normalized spacial score (nSPS) is 15.9. The van der Waals surface area contributed by atoms with Crippen molar-refractivity contribution >= 4 is 17.3 Å². The molecule has 27 heavy (non-hydrogen) atoms. The molecule has 1 aliphatic heterocycles. The van der Waals surface area contributed by atoms with E-state index in [0.717, 1.165) is 22.5 Å². The molecule has 1 aliphatic rings. The lowest BCUT2D eigenvalue weighted by molar-refractivity contribution is -0.125. The number of rotatable bonds is 4. The molecule has 2 heterocycles. The third-order valence-corrected chi connectivity index (χ3v) is 4.40. The van der Waals surface area contributed by atoms with Gasteiger partial charge in [-0.1, -0.05) is 41.6 Å². The Bertz CT molecular complexity index is 1010. The van der Waals surface area contributed by atoms with Crippen molar-refractivity contribution in [3.8, 4) is 5.69 Å². The van der Waals surface area contributed by atoms with Crippen molar-refractivity contribution in [1.82, 2.24) is 20.2 Å². The van der Waals surface area contributed by atoms with E-state index >= 15 is 0 Å². The van der Waals surface area contributed by atoms with Crippen molar-refractivity contribution in [2.75, 3.05) is 5.32 Å². The molecule has 0 aliphatic carbocycles. The van der Waals surface area contributed by atoms with Crippen molar-refractivity contribution in [3.05, 3.63) is 65.5 Å². The molecule has 1 amide bonds. The first-order valence-electron chi connectivity index (χ1n) is 8.57. The van der Waals surface area contributed by atoms with E-state index in [0.29, 0.717) is 17.9 Å². The van der Waals surface area contributed by atoms with Crippen LogP contribution in [0.5, 0.6) is 0 Å². The summed E-state index contributed by atoms with van der Waals surface area (Å²) in [6, 6.07) is 15.3. The zero-order valence-electron chi connectivity index (χ0n) is 15.0. The highest BCUT2D eigenvalue weighted by Gasteiger charge is 2.29. The minimum Gasteiger partial charge on any atom is -0.382 e. The molecule has 8 nitrogen and oxygen atoms in total. The first-order valence-corrected chi connectivity index (χ1v) is 8.57. The van der Waals surface area contributed by atoms with E-state index in [-0.39, 0.29) is 5.91 Å². The number of oxime groups is 1. The second kappa shape index (κ2) is 6.99. The molecule has 1 unspecified atom stereocenters. The summed E-state index contributed by atoms with van der Waals surface area (Å²) in [5.74, 6) is 0.425. The number of amides is 1.